The number of rotatable bonds is 8. The van der Waals surface area contributed by atoms with Crippen molar-refractivity contribution >= 4 is 11.8 Å². The summed E-state index contributed by atoms with van der Waals surface area (Å²) in [5.41, 5.74) is 2.92. The number of hydrogen-bond donors (Lipinski definition) is 0. The standard InChI is InChI=1S/C27H38N2O4S/c1-17-9-10-22-26(2,3)12-8-13-27(22,4)19(17)11-14-34-25-29-28-24(33-25)18-15-20(30-5)23(32-7)21(16-18)31-6/h15-16,19,22H,1,8-14H2,2-7H3/t19-,22+,27+/m0/s1. The lowest BCUT2D eigenvalue weighted by Crippen LogP contribution is -2.49. The first-order chi connectivity index (χ1) is 16.2. The molecular formula is C27H38N2O4S. The molecule has 0 saturated heterocycles. The van der Waals surface area contributed by atoms with Crippen LogP contribution in [0.1, 0.15) is 59.3 Å². The Hall–Kier alpha value is -2.15. The van der Waals surface area contributed by atoms with Crippen LogP contribution in [0, 0.1) is 22.7 Å². The van der Waals surface area contributed by atoms with Gasteiger partial charge in [0.2, 0.25) is 11.6 Å². The zero-order valence-electron chi connectivity index (χ0n) is 21.4. The van der Waals surface area contributed by atoms with Crippen molar-refractivity contribution in [1.29, 1.82) is 0 Å². The Labute approximate surface area is 207 Å². The van der Waals surface area contributed by atoms with E-state index in [4.69, 9.17) is 18.6 Å². The quantitative estimate of drug-likeness (QED) is 0.293. The van der Waals surface area contributed by atoms with Crippen LogP contribution < -0.4 is 14.2 Å². The molecule has 1 aromatic heterocycles. The Bertz CT molecular complexity index is 1010. The topological polar surface area (TPSA) is 66.6 Å². The van der Waals surface area contributed by atoms with Crippen LogP contribution >= 0.6 is 11.8 Å². The van der Waals surface area contributed by atoms with Crippen molar-refractivity contribution in [1.82, 2.24) is 10.2 Å². The molecule has 4 rings (SSSR count). The van der Waals surface area contributed by atoms with Crippen LogP contribution in [0.15, 0.2) is 33.9 Å². The number of aromatic nitrogens is 2. The summed E-state index contributed by atoms with van der Waals surface area (Å²) < 4.78 is 22.3. The highest BCUT2D eigenvalue weighted by atomic mass is 32.2. The van der Waals surface area contributed by atoms with E-state index in [0.29, 0.717) is 45.1 Å². The summed E-state index contributed by atoms with van der Waals surface area (Å²) in [6.07, 6.45) is 7.50. The molecule has 0 amide bonds. The number of allylic oxidation sites excluding steroid dienone is 1. The van der Waals surface area contributed by atoms with Crippen molar-refractivity contribution < 1.29 is 18.6 Å². The van der Waals surface area contributed by atoms with E-state index >= 15 is 0 Å². The number of fused-ring (bicyclic) bond motifs is 1. The van der Waals surface area contributed by atoms with Crippen LogP contribution in [0.4, 0.5) is 0 Å². The SMILES string of the molecule is C=C1CC[C@@H]2C(C)(C)CCC[C@]2(C)[C@H]1CCSc1nnc(-c2cc(OC)c(OC)c(OC)c2)o1. The van der Waals surface area contributed by atoms with E-state index in [2.05, 4.69) is 37.5 Å². The van der Waals surface area contributed by atoms with E-state index in [-0.39, 0.29) is 0 Å². The minimum atomic E-state index is 0.341. The van der Waals surface area contributed by atoms with Crippen molar-refractivity contribution in [3.63, 3.8) is 0 Å². The van der Waals surface area contributed by atoms with E-state index < -0.39 is 0 Å². The first kappa shape index (κ1) is 25.0. The summed E-state index contributed by atoms with van der Waals surface area (Å²) in [6.45, 7) is 12.0. The molecule has 1 aromatic carbocycles. The van der Waals surface area contributed by atoms with Gasteiger partial charge in [-0.15, -0.1) is 10.2 Å². The van der Waals surface area contributed by atoms with Crippen LogP contribution in [0.5, 0.6) is 17.2 Å². The molecule has 0 radical (unpaired) electrons. The van der Waals surface area contributed by atoms with Gasteiger partial charge in [0.25, 0.3) is 5.22 Å². The number of benzene rings is 1. The van der Waals surface area contributed by atoms with Crippen LogP contribution in [0.25, 0.3) is 11.5 Å². The first-order valence-electron chi connectivity index (χ1n) is 12.2. The van der Waals surface area contributed by atoms with Gasteiger partial charge in [-0.2, -0.15) is 0 Å². The fourth-order valence-corrected chi connectivity index (χ4v) is 7.43. The summed E-state index contributed by atoms with van der Waals surface area (Å²) in [4.78, 5) is 0. The van der Waals surface area contributed by atoms with E-state index in [0.717, 1.165) is 30.1 Å². The summed E-state index contributed by atoms with van der Waals surface area (Å²) in [7, 11) is 4.76. The van der Waals surface area contributed by atoms with Gasteiger partial charge in [0, 0.05) is 11.3 Å². The molecule has 2 aromatic rings. The van der Waals surface area contributed by atoms with E-state index in [9.17, 15) is 0 Å². The van der Waals surface area contributed by atoms with Gasteiger partial charge in [0.1, 0.15) is 0 Å². The second-order valence-electron chi connectivity index (χ2n) is 10.6. The molecule has 2 aliphatic carbocycles. The lowest BCUT2D eigenvalue weighted by atomic mass is 9.47. The van der Waals surface area contributed by atoms with Gasteiger partial charge in [0.15, 0.2) is 11.5 Å². The average Bonchev–Trinajstić information content (AvgIpc) is 3.28. The minimum Gasteiger partial charge on any atom is -0.493 e. The molecule has 1 heterocycles. The lowest BCUT2D eigenvalue weighted by Gasteiger charge is -2.58. The zero-order valence-corrected chi connectivity index (χ0v) is 22.2. The van der Waals surface area contributed by atoms with E-state index in [1.807, 2.05) is 12.1 Å². The molecule has 34 heavy (non-hydrogen) atoms. The maximum atomic E-state index is 5.99. The minimum absolute atomic E-state index is 0.341. The molecule has 0 aliphatic heterocycles. The van der Waals surface area contributed by atoms with Crippen molar-refractivity contribution in [3.8, 4) is 28.7 Å². The van der Waals surface area contributed by atoms with E-state index in [1.165, 1.54) is 31.3 Å². The molecule has 2 saturated carbocycles. The summed E-state index contributed by atoms with van der Waals surface area (Å²) in [6, 6.07) is 3.64. The summed E-state index contributed by atoms with van der Waals surface area (Å²) in [5, 5.41) is 9.12. The zero-order chi connectivity index (χ0) is 24.5. The smallest absolute Gasteiger partial charge is 0.276 e. The van der Waals surface area contributed by atoms with Gasteiger partial charge >= 0.3 is 0 Å². The maximum absolute atomic E-state index is 5.99. The highest BCUT2D eigenvalue weighted by Gasteiger charge is 2.52. The van der Waals surface area contributed by atoms with Crippen molar-refractivity contribution in [2.45, 2.75) is 64.5 Å². The Balaban J connectivity index is 1.45. The molecule has 0 unspecified atom stereocenters. The van der Waals surface area contributed by atoms with Gasteiger partial charge in [0.05, 0.1) is 21.3 Å². The highest BCUT2D eigenvalue weighted by Crippen LogP contribution is 2.61. The van der Waals surface area contributed by atoms with Gasteiger partial charge in [-0.3, -0.25) is 0 Å². The molecule has 186 valence electrons. The van der Waals surface area contributed by atoms with Crippen molar-refractivity contribution in [2.24, 2.45) is 22.7 Å². The van der Waals surface area contributed by atoms with Gasteiger partial charge in [-0.25, -0.2) is 0 Å². The fourth-order valence-electron chi connectivity index (χ4n) is 6.66. The second-order valence-corrected chi connectivity index (χ2v) is 11.6. The van der Waals surface area contributed by atoms with Crippen molar-refractivity contribution in [3.05, 3.63) is 24.3 Å². The monoisotopic (exact) mass is 486 g/mol. The molecule has 7 heteroatoms. The number of nitrogens with zero attached hydrogens (tertiary/aromatic N) is 2. The number of thioether (sulfide) groups is 1. The maximum Gasteiger partial charge on any atom is 0.276 e. The molecule has 6 nitrogen and oxygen atoms in total. The summed E-state index contributed by atoms with van der Waals surface area (Å²) >= 11 is 1.63. The Morgan fingerprint density at radius 2 is 1.76 bits per heavy atom. The molecule has 2 fully saturated rings. The third-order valence-electron chi connectivity index (χ3n) is 8.27. The van der Waals surface area contributed by atoms with Crippen LogP contribution in [-0.4, -0.2) is 37.3 Å². The van der Waals surface area contributed by atoms with Crippen LogP contribution in [0.3, 0.4) is 0 Å². The van der Waals surface area contributed by atoms with Crippen LogP contribution in [-0.2, 0) is 0 Å². The van der Waals surface area contributed by atoms with Gasteiger partial charge < -0.3 is 18.6 Å². The number of methoxy groups -OCH3 is 3. The normalized spacial score (nSPS) is 26.1. The number of hydrogen-bond acceptors (Lipinski definition) is 7. The van der Waals surface area contributed by atoms with Crippen molar-refractivity contribution in [2.75, 3.05) is 27.1 Å². The van der Waals surface area contributed by atoms with Gasteiger partial charge in [-0.1, -0.05) is 51.1 Å². The van der Waals surface area contributed by atoms with Crippen LogP contribution in [0.2, 0.25) is 0 Å². The predicted octanol–water partition coefficient (Wildman–Crippen LogP) is 7.04. The second kappa shape index (κ2) is 9.84. The third kappa shape index (κ3) is 4.56. The highest BCUT2D eigenvalue weighted by molar-refractivity contribution is 7.99. The molecule has 0 N–H and O–H groups in total. The Kier molecular flexibility index (Phi) is 7.22. The Morgan fingerprint density at radius 3 is 2.41 bits per heavy atom. The fraction of sp³-hybridized carbons (Fsp3) is 0.630. The predicted molar refractivity (Wildman–Crippen MR) is 136 cm³/mol. The molecule has 3 atom stereocenters. The molecule has 2 aliphatic rings. The first-order valence-corrected chi connectivity index (χ1v) is 13.2. The average molecular weight is 487 g/mol. The third-order valence-corrected chi connectivity index (χ3v) is 9.12. The molecule has 0 spiro atoms. The largest absolute Gasteiger partial charge is 0.493 e. The summed E-state index contributed by atoms with van der Waals surface area (Å²) in [5.74, 6) is 4.33. The molecular weight excluding hydrogens is 448 g/mol. The van der Waals surface area contributed by atoms with Gasteiger partial charge in [-0.05, 0) is 66.9 Å². The lowest BCUT2D eigenvalue weighted by molar-refractivity contribution is -0.0524. The molecule has 0 bridgehead atoms. The Morgan fingerprint density at radius 1 is 1.06 bits per heavy atom. The number of ether oxygens (including phenoxy) is 3. The van der Waals surface area contributed by atoms with E-state index in [1.54, 1.807) is 33.1 Å².